The zero-order chi connectivity index (χ0) is 13.5. The fourth-order valence-electron chi connectivity index (χ4n) is 1.91. The van der Waals surface area contributed by atoms with Crippen molar-refractivity contribution in [1.29, 1.82) is 0 Å². The summed E-state index contributed by atoms with van der Waals surface area (Å²) in [5.74, 6) is 0. The second kappa shape index (κ2) is 15.2. The molecule has 0 saturated heterocycles. The number of hydrogen-bond acceptors (Lipinski definition) is 2. The van der Waals surface area contributed by atoms with Crippen molar-refractivity contribution in [2.75, 3.05) is 19.5 Å². The molecule has 0 aromatic carbocycles. The molecule has 0 aliphatic heterocycles. The fraction of sp³-hybridized carbons (Fsp3) is 0.867. The molecule has 3 heteroatoms. The Labute approximate surface area is 121 Å². The van der Waals surface area contributed by atoms with E-state index in [0.717, 1.165) is 18.2 Å². The topological polar surface area (TPSA) is 18.5 Å². The Hall–Kier alpha value is 0.140. The van der Waals surface area contributed by atoms with E-state index in [2.05, 4.69) is 28.1 Å². The van der Waals surface area contributed by atoms with Gasteiger partial charge in [-0.25, -0.2) is 0 Å². The second-order valence-electron chi connectivity index (χ2n) is 4.55. The van der Waals surface area contributed by atoms with Gasteiger partial charge in [0.05, 0.1) is 0 Å². The predicted molar refractivity (Wildman–Crippen MR) is 82.3 cm³/mol. The summed E-state index contributed by atoms with van der Waals surface area (Å²) in [4.78, 5) is 0. The third-order valence-corrected chi connectivity index (χ3v) is 3.49. The Bertz CT molecular complexity index is 179. The molecule has 0 aliphatic carbocycles. The highest BCUT2D eigenvalue weighted by Gasteiger charge is 2.03. The Balaban J connectivity index is 3.11. The van der Waals surface area contributed by atoms with Crippen molar-refractivity contribution in [2.45, 2.75) is 64.1 Å². The van der Waals surface area contributed by atoms with Crippen LogP contribution in [0.5, 0.6) is 0 Å². The van der Waals surface area contributed by atoms with Crippen molar-refractivity contribution < 1.29 is 9.47 Å². The first kappa shape index (κ1) is 18.1. The van der Waals surface area contributed by atoms with Crippen molar-refractivity contribution in [3.8, 4) is 0 Å². The molecule has 0 fully saturated rings. The summed E-state index contributed by atoms with van der Waals surface area (Å²) in [6.45, 7) is 0. The maximum Gasteiger partial charge on any atom is 0.156 e. The van der Waals surface area contributed by atoms with Crippen LogP contribution in [0.2, 0.25) is 0 Å². The van der Waals surface area contributed by atoms with E-state index in [4.69, 9.17) is 9.47 Å². The summed E-state index contributed by atoms with van der Waals surface area (Å²) >= 11 is 3.42. The number of hydrogen-bond donors (Lipinski definition) is 0. The molecule has 0 amide bonds. The van der Waals surface area contributed by atoms with E-state index in [1.54, 1.807) is 14.2 Å². The number of alkyl halides is 1. The number of halogens is 1. The Kier molecular flexibility index (Phi) is 15.3. The van der Waals surface area contributed by atoms with Crippen LogP contribution in [0.4, 0.5) is 0 Å². The Morgan fingerprint density at radius 2 is 1.39 bits per heavy atom. The second-order valence-corrected chi connectivity index (χ2v) is 5.34. The van der Waals surface area contributed by atoms with Gasteiger partial charge in [-0.05, 0) is 32.1 Å². The highest BCUT2D eigenvalue weighted by atomic mass is 79.9. The summed E-state index contributed by atoms with van der Waals surface area (Å²) < 4.78 is 10.3. The van der Waals surface area contributed by atoms with Crippen LogP contribution in [0.3, 0.4) is 0 Å². The quantitative estimate of drug-likeness (QED) is 0.204. The molecule has 0 radical (unpaired) electrons. The molecule has 0 atom stereocenters. The van der Waals surface area contributed by atoms with Crippen molar-refractivity contribution in [3.63, 3.8) is 0 Å². The van der Waals surface area contributed by atoms with Gasteiger partial charge in [0.25, 0.3) is 0 Å². The minimum absolute atomic E-state index is 0.00966. The van der Waals surface area contributed by atoms with Gasteiger partial charge in [0.2, 0.25) is 0 Å². The first-order chi connectivity index (χ1) is 8.85. The van der Waals surface area contributed by atoms with Crippen LogP contribution in [-0.4, -0.2) is 25.8 Å². The molecule has 0 aromatic heterocycles. The van der Waals surface area contributed by atoms with Gasteiger partial charge in [-0.3, -0.25) is 0 Å². The molecule has 0 aromatic rings. The van der Waals surface area contributed by atoms with Gasteiger partial charge < -0.3 is 9.47 Å². The van der Waals surface area contributed by atoms with Crippen LogP contribution in [0.25, 0.3) is 0 Å². The zero-order valence-electron chi connectivity index (χ0n) is 12.0. The third-order valence-electron chi connectivity index (χ3n) is 3.03. The predicted octanol–water partition coefficient (Wildman–Crippen LogP) is 5.07. The summed E-state index contributed by atoms with van der Waals surface area (Å²) in [6.07, 6.45) is 15.9. The molecule has 18 heavy (non-hydrogen) atoms. The molecule has 0 spiro atoms. The number of methoxy groups -OCH3 is 2. The number of unbranched alkanes of at least 4 members (excludes halogenated alkanes) is 6. The number of allylic oxidation sites excluding steroid dienone is 2. The standard InChI is InChI=1S/C15H29BrO2/c1-17-15(18-2)13-11-9-7-5-3-4-6-8-10-12-14-16/h8,10,15H,3-7,9,11-14H2,1-2H3/b10-8+. The van der Waals surface area contributed by atoms with Gasteiger partial charge in [0.1, 0.15) is 0 Å². The lowest BCUT2D eigenvalue weighted by Gasteiger charge is -2.12. The minimum Gasteiger partial charge on any atom is -0.356 e. The van der Waals surface area contributed by atoms with E-state index < -0.39 is 0 Å². The van der Waals surface area contributed by atoms with Gasteiger partial charge in [-0.1, -0.05) is 53.8 Å². The summed E-state index contributed by atoms with van der Waals surface area (Å²) in [5, 5.41) is 1.08. The van der Waals surface area contributed by atoms with E-state index in [9.17, 15) is 0 Å². The van der Waals surface area contributed by atoms with E-state index in [0.29, 0.717) is 0 Å². The van der Waals surface area contributed by atoms with Crippen LogP contribution in [0, 0.1) is 0 Å². The maximum atomic E-state index is 5.16. The number of ether oxygens (including phenoxy) is 2. The van der Waals surface area contributed by atoms with Crippen molar-refractivity contribution in [1.82, 2.24) is 0 Å². The van der Waals surface area contributed by atoms with E-state index >= 15 is 0 Å². The normalized spacial score (nSPS) is 11.8. The SMILES string of the molecule is COC(CCCCCCCC/C=C/CCBr)OC. The highest BCUT2D eigenvalue weighted by molar-refractivity contribution is 9.09. The maximum absolute atomic E-state index is 5.16. The van der Waals surface area contributed by atoms with Gasteiger partial charge in [-0.2, -0.15) is 0 Å². The number of rotatable bonds is 13. The fourth-order valence-corrected chi connectivity index (χ4v) is 2.18. The molecule has 0 aliphatic rings. The minimum atomic E-state index is -0.00966. The van der Waals surface area contributed by atoms with E-state index in [1.807, 2.05) is 0 Å². The van der Waals surface area contributed by atoms with Crippen molar-refractivity contribution >= 4 is 15.9 Å². The molecule has 0 N–H and O–H groups in total. The first-order valence-electron chi connectivity index (χ1n) is 7.11. The van der Waals surface area contributed by atoms with Crippen LogP contribution in [0.1, 0.15) is 57.8 Å². The van der Waals surface area contributed by atoms with Gasteiger partial charge >= 0.3 is 0 Å². The molecule has 0 rings (SSSR count). The van der Waals surface area contributed by atoms with Crippen LogP contribution >= 0.6 is 15.9 Å². The lowest BCUT2D eigenvalue weighted by atomic mass is 10.1. The molecule has 0 unspecified atom stereocenters. The lowest BCUT2D eigenvalue weighted by Crippen LogP contribution is -2.12. The Morgan fingerprint density at radius 1 is 0.833 bits per heavy atom. The van der Waals surface area contributed by atoms with Gasteiger partial charge in [0, 0.05) is 19.5 Å². The average molecular weight is 321 g/mol. The van der Waals surface area contributed by atoms with Crippen LogP contribution < -0.4 is 0 Å². The highest BCUT2D eigenvalue weighted by Crippen LogP contribution is 2.11. The van der Waals surface area contributed by atoms with Crippen molar-refractivity contribution in [2.24, 2.45) is 0 Å². The summed E-state index contributed by atoms with van der Waals surface area (Å²) in [7, 11) is 3.41. The molecular weight excluding hydrogens is 292 g/mol. The molecule has 0 saturated carbocycles. The first-order valence-corrected chi connectivity index (χ1v) is 8.23. The molecule has 108 valence electrons. The summed E-state index contributed by atoms with van der Waals surface area (Å²) in [6, 6.07) is 0. The van der Waals surface area contributed by atoms with E-state index in [1.165, 1.54) is 44.9 Å². The largest absolute Gasteiger partial charge is 0.356 e. The van der Waals surface area contributed by atoms with E-state index in [-0.39, 0.29) is 6.29 Å². The van der Waals surface area contributed by atoms with Gasteiger partial charge in [0.15, 0.2) is 6.29 Å². The lowest BCUT2D eigenvalue weighted by molar-refractivity contribution is -0.107. The van der Waals surface area contributed by atoms with Gasteiger partial charge in [-0.15, -0.1) is 0 Å². The van der Waals surface area contributed by atoms with Crippen molar-refractivity contribution in [3.05, 3.63) is 12.2 Å². The summed E-state index contributed by atoms with van der Waals surface area (Å²) in [5.41, 5.74) is 0. The van der Waals surface area contributed by atoms with Crippen LogP contribution in [-0.2, 0) is 9.47 Å². The van der Waals surface area contributed by atoms with Crippen LogP contribution in [0.15, 0.2) is 12.2 Å². The molecular formula is C15H29BrO2. The monoisotopic (exact) mass is 320 g/mol. The zero-order valence-corrected chi connectivity index (χ0v) is 13.6. The molecule has 2 nitrogen and oxygen atoms in total. The Morgan fingerprint density at radius 3 is 2.00 bits per heavy atom. The third kappa shape index (κ3) is 12.6. The smallest absolute Gasteiger partial charge is 0.156 e. The molecule has 0 heterocycles. The average Bonchev–Trinajstić information content (AvgIpc) is 2.40. The molecule has 0 bridgehead atoms.